The van der Waals surface area contributed by atoms with Crippen LogP contribution in [0.15, 0.2) is 0 Å². The molecule has 0 radical (unpaired) electrons. The fourth-order valence-electron chi connectivity index (χ4n) is 1.54. The van der Waals surface area contributed by atoms with Crippen LogP contribution in [0.5, 0.6) is 0 Å². The Morgan fingerprint density at radius 1 is 1.29 bits per heavy atom. The van der Waals surface area contributed by atoms with Gasteiger partial charge in [0.15, 0.2) is 6.29 Å². The van der Waals surface area contributed by atoms with E-state index in [-0.39, 0.29) is 6.42 Å². The second-order valence-corrected chi connectivity index (χ2v) is 3.49. The van der Waals surface area contributed by atoms with E-state index in [1.165, 1.54) is 0 Å². The van der Waals surface area contributed by atoms with Crippen LogP contribution in [0.4, 0.5) is 0 Å². The summed E-state index contributed by atoms with van der Waals surface area (Å²) in [6, 6.07) is 0. The van der Waals surface area contributed by atoms with E-state index in [1.54, 1.807) is 6.92 Å². The number of aliphatic hydroxyl groups excluding tert-OH is 4. The third-order valence-electron chi connectivity index (χ3n) is 2.69. The maximum atomic E-state index is 9.73. The summed E-state index contributed by atoms with van der Waals surface area (Å²) in [5.41, 5.74) is -1.88. The lowest BCUT2D eigenvalue weighted by Crippen LogP contribution is -2.66. The number of ether oxygens (including phenoxy) is 1. The Balaban J connectivity index is 2.84. The second kappa shape index (κ2) is 4.09. The van der Waals surface area contributed by atoms with Gasteiger partial charge in [0, 0.05) is 0 Å². The highest BCUT2D eigenvalue weighted by Gasteiger charge is 2.52. The van der Waals surface area contributed by atoms with Gasteiger partial charge < -0.3 is 30.3 Å². The predicted molar refractivity (Wildman–Crippen MR) is 45.2 cm³/mol. The Morgan fingerprint density at radius 2 is 1.86 bits per heavy atom. The minimum atomic E-state index is -1.88. The first kappa shape index (κ1) is 11.8. The van der Waals surface area contributed by atoms with E-state index in [9.17, 15) is 20.4 Å². The highest BCUT2D eigenvalue weighted by Crippen LogP contribution is 2.30. The third kappa shape index (κ3) is 1.65. The molecule has 0 aromatic heterocycles. The van der Waals surface area contributed by atoms with Crippen molar-refractivity contribution in [3.8, 4) is 0 Å². The predicted octanol–water partition coefficient (Wildman–Crippen LogP) is -2.44. The lowest BCUT2D eigenvalue weighted by Gasteiger charge is -2.45. The van der Waals surface area contributed by atoms with Crippen molar-refractivity contribution in [1.82, 2.24) is 0 Å². The van der Waals surface area contributed by atoms with Crippen LogP contribution in [0.25, 0.3) is 0 Å². The molecule has 0 aromatic rings. The molecule has 0 unspecified atom stereocenters. The minimum Gasteiger partial charge on any atom is -0.394 e. The fourth-order valence-corrected chi connectivity index (χ4v) is 1.54. The van der Waals surface area contributed by atoms with Crippen molar-refractivity contribution in [2.24, 2.45) is 0 Å². The van der Waals surface area contributed by atoms with Gasteiger partial charge in [-0.05, 0) is 6.42 Å². The first-order chi connectivity index (χ1) is 6.47. The average molecular weight is 208 g/mol. The molecule has 6 heteroatoms. The van der Waals surface area contributed by atoms with Crippen LogP contribution in [-0.4, -0.2) is 62.3 Å². The van der Waals surface area contributed by atoms with Crippen LogP contribution in [0.1, 0.15) is 13.3 Å². The van der Waals surface area contributed by atoms with Gasteiger partial charge in [0.05, 0.1) is 6.61 Å². The van der Waals surface area contributed by atoms with E-state index in [0.717, 1.165) is 0 Å². The summed E-state index contributed by atoms with van der Waals surface area (Å²) in [6.07, 6.45) is -5.60. The summed E-state index contributed by atoms with van der Waals surface area (Å²) in [5, 5.41) is 46.8. The van der Waals surface area contributed by atoms with Crippen LogP contribution < -0.4 is 0 Å². The zero-order chi connectivity index (χ0) is 10.9. The maximum Gasteiger partial charge on any atom is 0.186 e. The summed E-state index contributed by atoms with van der Waals surface area (Å²) in [6.45, 7) is 1.01. The molecule has 1 fully saturated rings. The van der Waals surface area contributed by atoms with Gasteiger partial charge in [0.1, 0.15) is 23.9 Å². The van der Waals surface area contributed by atoms with Gasteiger partial charge in [0.2, 0.25) is 0 Å². The zero-order valence-electron chi connectivity index (χ0n) is 7.87. The average Bonchev–Trinajstić information content (AvgIpc) is 2.20. The van der Waals surface area contributed by atoms with E-state index in [2.05, 4.69) is 0 Å². The molecule has 0 bridgehead atoms. The molecule has 0 amide bonds. The van der Waals surface area contributed by atoms with Crippen molar-refractivity contribution < 1.29 is 30.3 Å². The van der Waals surface area contributed by atoms with Crippen molar-refractivity contribution >= 4 is 0 Å². The number of hydrogen-bond acceptors (Lipinski definition) is 6. The monoisotopic (exact) mass is 208 g/mol. The van der Waals surface area contributed by atoms with Gasteiger partial charge >= 0.3 is 0 Å². The molecule has 14 heavy (non-hydrogen) atoms. The molecule has 0 aromatic carbocycles. The van der Waals surface area contributed by atoms with Gasteiger partial charge in [-0.2, -0.15) is 0 Å². The summed E-state index contributed by atoms with van der Waals surface area (Å²) >= 11 is 0. The van der Waals surface area contributed by atoms with Crippen LogP contribution in [0, 0.1) is 0 Å². The summed E-state index contributed by atoms with van der Waals surface area (Å²) in [4.78, 5) is 0. The van der Waals surface area contributed by atoms with Crippen molar-refractivity contribution in [3.05, 3.63) is 0 Å². The largest absolute Gasteiger partial charge is 0.394 e. The van der Waals surface area contributed by atoms with E-state index < -0.39 is 36.8 Å². The smallest absolute Gasteiger partial charge is 0.186 e. The van der Waals surface area contributed by atoms with Gasteiger partial charge in [-0.1, -0.05) is 6.92 Å². The summed E-state index contributed by atoms with van der Waals surface area (Å²) in [5.74, 6) is 0. The van der Waals surface area contributed by atoms with E-state index >= 15 is 0 Å². The molecule has 0 saturated carbocycles. The molecular formula is C8H16O6. The quantitative estimate of drug-likeness (QED) is 0.345. The Morgan fingerprint density at radius 3 is 2.29 bits per heavy atom. The van der Waals surface area contributed by atoms with Crippen molar-refractivity contribution in [3.63, 3.8) is 0 Å². The molecule has 1 heterocycles. The molecule has 5 atom stereocenters. The normalized spacial score (nSPS) is 49.3. The van der Waals surface area contributed by atoms with Gasteiger partial charge in [-0.15, -0.1) is 0 Å². The lowest BCUT2D eigenvalue weighted by molar-refractivity contribution is -0.329. The topological polar surface area (TPSA) is 110 Å². The van der Waals surface area contributed by atoms with Gasteiger partial charge in [-0.3, -0.25) is 0 Å². The fraction of sp³-hybridized carbons (Fsp3) is 1.00. The molecule has 5 N–H and O–H groups in total. The highest BCUT2D eigenvalue weighted by molar-refractivity contribution is 4.98. The molecule has 84 valence electrons. The lowest BCUT2D eigenvalue weighted by atomic mass is 9.84. The Kier molecular flexibility index (Phi) is 3.46. The third-order valence-corrected chi connectivity index (χ3v) is 2.69. The Bertz CT molecular complexity index is 198. The molecule has 6 nitrogen and oxygen atoms in total. The molecule has 1 aliphatic rings. The number of hydrogen-bond donors (Lipinski definition) is 5. The van der Waals surface area contributed by atoms with E-state index in [0.29, 0.717) is 0 Å². The van der Waals surface area contributed by atoms with Crippen LogP contribution in [-0.2, 0) is 4.74 Å². The van der Waals surface area contributed by atoms with E-state index in [4.69, 9.17) is 9.84 Å². The molecule has 0 spiro atoms. The second-order valence-electron chi connectivity index (χ2n) is 3.49. The maximum absolute atomic E-state index is 9.73. The molecule has 0 aliphatic carbocycles. The van der Waals surface area contributed by atoms with Crippen molar-refractivity contribution in [2.45, 2.75) is 43.5 Å². The van der Waals surface area contributed by atoms with Crippen LogP contribution >= 0.6 is 0 Å². The molecular weight excluding hydrogens is 192 g/mol. The van der Waals surface area contributed by atoms with Crippen LogP contribution in [0.3, 0.4) is 0 Å². The van der Waals surface area contributed by atoms with Gasteiger partial charge in [-0.25, -0.2) is 0 Å². The summed E-state index contributed by atoms with van der Waals surface area (Å²) in [7, 11) is 0. The van der Waals surface area contributed by atoms with Gasteiger partial charge in [0.25, 0.3) is 0 Å². The summed E-state index contributed by atoms with van der Waals surface area (Å²) < 4.78 is 4.77. The van der Waals surface area contributed by atoms with Crippen molar-refractivity contribution in [2.75, 3.05) is 6.61 Å². The Labute approximate surface area is 81.4 Å². The van der Waals surface area contributed by atoms with Crippen molar-refractivity contribution in [1.29, 1.82) is 0 Å². The standard InChI is InChI=1S/C8H16O6/c1-2-8(13)6(11)5(10)4(3-9)14-7(8)12/h4-7,9-13H,2-3H2,1H3/t4-,5+,6+,7-,8-/m1/s1. The SMILES string of the molecule is CC[C@]1(O)[C@H](O)O[C@H](CO)[C@H](O)[C@@H]1O. The number of aliphatic hydroxyl groups is 5. The highest BCUT2D eigenvalue weighted by atomic mass is 16.6. The molecule has 1 saturated heterocycles. The molecule has 1 rings (SSSR count). The van der Waals surface area contributed by atoms with Crippen LogP contribution in [0.2, 0.25) is 0 Å². The first-order valence-corrected chi connectivity index (χ1v) is 4.50. The Hall–Kier alpha value is -0.240. The van der Waals surface area contributed by atoms with E-state index in [1.807, 2.05) is 0 Å². The molecule has 1 aliphatic heterocycles. The minimum absolute atomic E-state index is 0.0323. The zero-order valence-corrected chi connectivity index (χ0v) is 7.87. The number of rotatable bonds is 2. The first-order valence-electron chi connectivity index (χ1n) is 4.50.